The van der Waals surface area contributed by atoms with E-state index in [0.717, 1.165) is 10.0 Å². The molecule has 80 valence electrons. The van der Waals surface area contributed by atoms with E-state index in [2.05, 4.69) is 22.0 Å². The minimum absolute atomic E-state index is 0.580. The average Bonchev–Trinajstić information content (AvgIpc) is 2.15. The van der Waals surface area contributed by atoms with Crippen molar-refractivity contribution in [1.29, 1.82) is 5.26 Å². The van der Waals surface area contributed by atoms with Gasteiger partial charge in [0.1, 0.15) is 5.75 Å². The van der Waals surface area contributed by atoms with E-state index >= 15 is 0 Å². The van der Waals surface area contributed by atoms with Gasteiger partial charge >= 0.3 is 0 Å². The van der Waals surface area contributed by atoms with E-state index in [4.69, 9.17) is 21.6 Å². The summed E-state index contributed by atoms with van der Waals surface area (Å²) >= 11 is 9.30. The van der Waals surface area contributed by atoms with E-state index in [9.17, 15) is 0 Å². The fourth-order valence-corrected chi connectivity index (χ4v) is 2.65. The highest BCUT2D eigenvalue weighted by Crippen LogP contribution is 2.39. The molecule has 1 rings (SSSR count). The molecule has 0 aliphatic heterocycles. The molecule has 2 nitrogen and oxygen atoms in total. The van der Waals surface area contributed by atoms with Crippen LogP contribution in [0.15, 0.2) is 16.6 Å². The Hall–Kier alpha value is -0.720. The third-order valence-electron chi connectivity index (χ3n) is 2.14. The fraction of sp³-hybridized carbons (Fsp3) is 0.364. The van der Waals surface area contributed by atoms with Crippen molar-refractivity contribution < 1.29 is 4.74 Å². The lowest BCUT2D eigenvalue weighted by Crippen LogP contribution is -2.16. The standard InChI is InChI=1S/C11H11BrClNO/c1-11(2,6-14)10-8(12)4-7(13)5-9(10)15-3/h4-5H,1-3H3. The van der Waals surface area contributed by atoms with Crippen molar-refractivity contribution in [2.24, 2.45) is 0 Å². The topological polar surface area (TPSA) is 33.0 Å². The molecule has 1 aromatic carbocycles. The lowest BCUT2D eigenvalue weighted by Gasteiger charge is -2.21. The Bertz CT molecular complexity index is 423. The van der Waals surface area contributed by atoms with Gasteiger partial charge in [-0.25, -0.2) is 0 Å². The summed E-state index contributed by atoms with van der Waals surface area (Å²) in [5.41, 5.74) is 0.200. The smallest absolute Gasteiger partial charge is 0.126 e. The fourth-order valence-electron chi connectivity index (χ4n) is 1.37. The van der Waals surface area contributed by atoms with Gasteiger partial charge in [0.2, 0.25) is 0 Å². The molecule has 0 heterocycles. The average molecular weight is 289 g/mol. The molecule has 0 N–H and O–H groups in total. The Morgan fingerprint density at radius 3 is 2.53 bits per heavy atom. The first-order valence-corrected chi connectivity index (χ1v) is 5.54. The summed E-state index contributed by atoms with van der Waals surface area (Å²) in [5.74, 6) is 0.626. The second kappa shape index (κ2) is 4.42. The van der Waals surface area contributed by atoms with E-state index in [1.807, 2.05) is 13.8 Å². The number of ether oxygens (including phenoxy) is 1. The van der Waals surface area contributed by atoms with Crippen LogP contribution in [0, 0.1) is 11.3 Å². The van der Waals surface area contributed by atoms with Gasteiger partial charge in [-0.3, -0.25) is 0 Å². The van der Waals surface area contributed by atoms with Gasteiger partial charge in [-0.1, -0.05) is 27.5 Å². The minimum Gasteiger partial charge on any atom is -0.496 e. The summed E-state index contributed by atoms with van der Waals surface area (Å²) in [6.07, 6.45) is 0. The molecule has 0 amide bonds. The predicted molar refractivity (Wildman–Crippen MR) is 64.3 cm³/mol. The third-order valence-corrected chi connectivity index (χ3v) is 2.99. The van der Waals surface area contributed by atoms with Crippen LogP contribution in [0.2, 0.25) is 5.02 Å². The molecule has 0 aliphatic carbocycles. The zero-order chi connectivity index (χ0) is 11.6. The number of halogens is 2. The molecule has 0 saturated heterocycles. The summed E-state index contributed by atoms with van der Waals surface area (Å²) in [5, 5.41) is 9.68. The van der Waals surface area contributed by atoms with E-state index < -0.39 is 5.41 Å². The second-order valence-corrected chi connectivity index (χ2v) is 4.99. The number of benzene rings is 1. The van der Waals surface area contributed by atoms with Gasteiger partial charge in [0.15, 0.2) is 0 Å². The largest absolute Gasteiger partial charge is 0.496 e. The molecule has 1 aromatic rings. The zero-order valence-electron chi connectivity index (χ0n) is 8.77. The summed E-state index contributed by atoms with van der Waals surface area (Å²) in [7, 11) is 1.56. The lowest BCUT2D eigenvalue weighted by atomic mass is 9.86. The van der Waals surface area contributed by atoms with Gasteiger partial charge < -0.3 is 4.74 Å². The number of hydrogen-bond donors (Lipinski definition) is 0. The van der Waals surface area contributed by atoms with Gasteiger partial charge in [0.05, 0.1) is 18.6 Å². The van der Waals surface area contributed by atoms with Crippen molar-refractivity contribution in [2.45, 2.75) is 19.3 Å². The van der Waals surface area contributed by atoms with Crippen molar-refractivity contribution in [2.75, 3.05) is 7.11 Å². The molecule has 4 heteroatoms. The van der Waals surface area contributed by atoms with Crippen molar-refractivity contribution in [1.82, 2.24) is 0 Å². The summed E-state index contributed by atoms with van der Waals surface area (Å²) in [6, 6.07) is 5.71. The quantitative estimate of drug-likeness (QED) is 0.826. The molecule has 0 atom stereocenters. The first-order chi connectivity index (χ1) is 6.92. The van der Waals surface area contributed by atoms with Crippen LogP contribution in [0.3, 0.4) is 0 Å². The Morgan fingerprint density at radius 2 is 2.07 bits per heavy atom. The molecule has 0 fully saturated rings. The minimum atomic E-state index is -0.616. The first-order valence-electron chi connectivity index (χ1n) is 4.37. The molecule has 0 bridgehead atoms. The number of rotatable bonds is 2. The Kier molecular flexibility index (Phi) is 3.64. The van der Waals surface area contributed by atoms with Crippen LogP contribution in [0.1, 0.15) is 19.4 Å². The van der Waals surface area contributed by atoms with Gasteiger partial charge in [-0.15, -0.1) is 0 Å². The predicted octanol–water partition coefficient (Wildman–Crippen LogP) is 3.91. The molecule has 0 radical (unpaired) electrons. The summed E-state index contributed by atoms with van der Waals surface area (Å²) < 4.78 is 6.02. The molecule has 0 aliphatic rings. The van der Waals surface area contributed by atoms with E-state index in [-0.39, 0.29) is 0 Å². The molecule has 0 saturated carbocycles. The maximum absolute atomic E-state index is 9.10. The highest BCUT2D eigenvalue weighted by atomic mass is 79.9. The maximum Gasteiger partial charge on any atom is 0.126 e. The van der Waals surface area contributed by atoms with Crippen LogP contribution in [-0.4, -0.2) is 7.11 Å². The van der Waals surface area contributed by atoms with Gasteiger partial charge in [0.25, 0.3) is 0 Å². The number of hydrogen-bond acceptors (Lipinski definition) is 2. The Labute approximate surface area is 103 Å². The summed E-state index contributed by atoms with van der Waals surface area (Å²) in [6.45, 7) is 3.67. The van der Waals surface area contributed by atoms with Crippen molar-refractivity contribution in [3.63, 3.8) is 0 Å². The van der Waals surface area contributed by atoms with Crippen LogP contribution in [-0.2, 0) is 5.41 Å². The molecular weight excluding hydrogens is 277 g/mol. The molecule has 0 spiro atoms. The van der Waals surface area contributed by atoms with Gasteiger partial charge in [-0.2, -0.15) is 5.26 Å². The normalized spacial score (nSPS) is 10.9. The van der Waals surface area contributed by atoms with Crippen LogP contribution >= 0.6 is 27.5 Å². The molecular formula is C11H11BrClNO. The number of methoxy groups -OCH3 is 1. The highest BCUT2D eigenvalue weighted by molar-refractivity contribution is 9.10. The monoisotopic (exact) mass is 287 g/mol. The van der Waals surface area contributed by atoms with Crippen LogP contribution in [0.25, 0.3) is 0 Å². The zero-order valence-corrected chi connectivity index (χ0v) is 11.1. The van der Waals surface area contributed by atoms with Crippen molar-refractivity contribution in [3.8, 4) is 11.8 Å². The lowest BCUT2D eigenvalue weighted by molar-refractivity contribution is 0.402. The summed E-state index contributed by atoms with van der Waals surface area (Å²) in [4.78, 5) is 0. The van der Waals surface area contributed by atoms with Gasteiger partial charge in [-0.05, 0) is 26.0 Å². The van der Waals surface area contributed by atoms with E-state index in [0.29, 0.717) is 10.8 Å². The number of nitriles is 1. The number of nitrogens with zero attached hydrogens (tertiary/aromatic N) is 1. The third kappa shape index (κ3) is 2.45. The Morgan fingerprint density at radius 1 is 1.47 bits per heavy atom. The van der Waals surface area contributed by atoms with Gasteiger partial charge in [0, 0.05) is 15.1 Å². The van der Waals surface area contributed by atoms with Crippen molar-refractivity contribution >= 4 is 27.5 Å². The molecule has 0 unspecified atom stereocenters. The van der Waals surface area contributed by atoms with Crippen LogP contribution in [0.4, 0.5) is 0 Å². The molecule has 0 aromatic heterocycles. The first kappa shape index (κ1) is 12.4. The van der Waals surface area contributed by atoms with Crippen LogP contribution in [0.5, 0.6) is 5.75 Å². The molecule has 15 heavy (non-hydrogen) atoms. The Balaban J connectivity index is 3.48. The second-order valence-electron chi connectivity index (χ2n) is 3.70. The SMILES string of the molecule is COc1cc(Cl)cc(Br)c1C(C)(C)C#N. The van der Waals surface area contributed by atoms with E-state index in [1.165, 1.54) is 0 Å². The maximum atomic E-state index is 9.10. The van der Waals surface area contributed by atoms with E-state index in [1.54, 1.807) is 19.2 Å². The highest BCUT2D eigenvalue weighted by Gasteiger charge is 2.27. The van der Waals surface area contributed by atoms with Crippen LogP contribution < -0.4 is 4.74 Å². The van der Waals surface area contributed by atoms with Crippen molar-refractivity contribution in [3.05, 3.63) is 27.2 Å².